The second-order valence-electron chi connectivity index (χ2n) is 4.97. The lowest BCUT2D eigenvalue weighted by atomic mass is 10.1. The number of nitrogens with one attached hydrogen (secondary N) is 1. The Bertz CT molecular complexity index is 762. The maximum Gasteiger partial charge on any atom is 0.253 e. The molecule has 0 bridgehead atoms. The van der Waals surface area contributed by atoms with E-state index in [1.807, 2.05) is 24.3 Å². The van der Waals surface area contributed by atoms with Crippen molar-refractivity contribution in [2.24, 2.45) is 0 Å². The summed E-state index contributed by atoms with van der Waals surface area (Å²) >= 11 is 0. The summed E-state index contributed by atoms with van der Waals surface area (Å²) < 4.78 is 12.3. The second kappa shape index (κ2) is 9.11. The van der Waals surface area contributed by atoms with E-state index < -0.39 is 6.67 Å². The number of rotatable bonds is 3. The standard InChI is InChI=1S/C19H18FN3O/c1-23(14-12-20)19(24)17-9-6-16(7-10-17)8-11-18-5-3-2-4-13-21-15-22-18/h2-7,9-10,13,15H,12,14H2,1H3,(H,21,22). The van der Waals surface area contributed by atoms with E-state index in [-0.39, 0.29) is 12.5 Å². The molecule has 0 radical (unpaired) electrons. The van der Waals surface area contributed by atoms with Crippen molar-refractivity contribution in [1.82, 2.24) is 14.9 Å². The Morgan fingerprint density at radius 1 is 1.17 bits per heavy atom. The predicted octanol–water partition coefficient (Wildman–Crippen LogP) is 2.98. The Balaban J connectivity index is 2.16. The van der Waals surface area contributed by atoms with Gasteiger partial charge in [-0.1, -0.05) is 18.1 Å². The van der Waals surface area contributed by atoms with Crippen LogP contribution < -0.4 is 0 Å². The number of aromatic nitrogens is 2. The van der Waals surface area contributed by atoms with Crippen molar-refractivity contribution in [3.05, 3.63) is 77.9 Å². The fourth-order valence-electron chi connectivity index (χ4n) is 1.88. The van der Waals surface area contributed by atoms with Crippen molar-refractivity contribution in [3.8, 4) is 11.8 Å². The number of benzene rings is 1. The van der Waals surface area contributed by atoms with Crippen LogP contribution in [0.1, 0.15) is 21.6 Å². The third-order valence-electron chi connectivity index (χ3n) is 3.19. The van der Waals surface area contributed by atoms with Crippen LogP contribution in [0.3, 0.4) is 0 Å². The first kappa shape index (κ1) is 17.2. The van der Waals surface area contributed by atoms with Crippen LogP contribution in [0.15, 0.2) is 61.1 Å². The van der Waals surface area contributed by atoms with Crippen LogP contribution in [-0.4, -0.2) is 41.0 Å². The molecule has 1 heterocycles. The molecule has 0 atom stereocenters. The highest BCUT2D eigenvalue weighted by Crippen LogP contribution is 2.06. The van der Waals surface area contributed by atoms with Gasteiger partial charge in [0.15, 0.2) is 0 Å². The van der Waals surface area contributed by atoms with Crippen molar-refractivity contribution in [2.75, 3.05) is 20.3 Å². The average molecular weight is 323 g/mol. The minimum Gasteiger partial charge on any atom is -0.339 e. The lowest BCUT2D eigenvalue weighted by Gasteiger charge is -2.14. The molecule has 122 valence electrons. The van der Waals surface area contributed by atoms with Crippen LogP contribution in [0, 0.1) is 11.8 Å². The van der Waals surface area contributed by atoms with Crippen molar-refractivity contribution < 1.29 is 9.18 Å². The molecule has 0 saturated carbocycles. The highest BCUT2D eigenvalue weighted by Gasteiger charge is 2.10. The molecule has 2 aromatic rings. The third-order valence-corrected chi connectivity index (χ3v) is 3.19. The number of carbonyl (C=O) groups excluding carboxylic acids is 1. The van der Waals surface area contributed by atoms with E-state index in [4.69, 9.17) is 0 Å². The molecule has 1 aromatic carbocycles. The Kier molecular flexibility index (Phi) is 6.54. The lowest BCUT2D eigenvalue weighted by Crippen LogP contribution is -2.28. The van der Waals surface area contributed by atoms with E-state index in [1.165, 1.54) is 4.90 Å². The molecule has 1 aromatic heterocycles. The molecule has 0 fully saturated rings. The van der Waals surface area contributed by atoms with Gasteiger partial charge < -0.3 is 9.88 Å². The molecule has 1 amide bonds. The fraction of sp³-hybridized carbons (Fsp3) is 0.158. The number of amides is 1. The summed E-state index contributed by atoms with van der Waals surface area (Å²) in [4.78, 5) is 20.4. The summed E-state index contributed by atoms with van der Waals surface area (Å²) in [5.41, 5.74) is 2.00. The zero-order valence-corrected chi connectivity index (χ0v) is 13.4. The molecule has 5 heteroatoms. The lowest BCUT2D eigenvalue weighted by molar-refractivity contribution is 0.0786. The second-order valence-corrected chi connectivity index (χ2v) is 4.97. The number of carbonyl (C=O) groups is 1. The molecular weight excluding hydrogens is 305 g/mol. The highest BCUT2D eigenvalue weighted by atomic mass is 19.1. The van der Waals surface area contributed by atoms with Gasteiger partial charge in [0.1, 0.15) is 6.67 Å². The van der Waals surface area contributed by atoms with Crippen molar-refractivity contribution in [2.45, 2.75) is 0 Å². The van der Waals surface area contributed by atoms with Gasteiger partial charge in [0.05, 0.1) is 12.0 Å². The molecule has 0 unspecified atom stereocenters. The minimum absolute atomic E-state index is 0.0874. The normalized spacial score (nSPS) is 9.42. The van der Waals surface area contributed by atoms with Crippen LogP contribution in [0.4, 0.5) is 4.39 Å². The Morgan fingerprint density at radius 2 is 1.96 bits per heavy atom. The van der Waals surface area contributed by atoms with Crippen LogP contribution in [0.2, 0.25) is 0 Å². The van der Waals surface area contributed by atoms with E-state index in [0.717, 1.165) is 5.56 Å². The summed E-state index contributed by atoms with van der Waals surface area (Å²) in [6.07, 6.45) is 3.23. The van der Waals surface area contributed by atoms with Gasteiger partial charge in [0, 0.05) is 30.9 Å². The first-order valence-corrected chi connectivity index (χ1v) is 7.46. The molecule has 0 aliphatic carbocycles. The zero-order valence-electron chi connectivity index (χ0n) is 13.4. The number of hydrogen-bond acceptors (Lipinski definition) is 2. The van der Waals surface area contributed by atoms with Crippen LogP contribution in [0.25, 0.3) is 0 Å². The maximum atomic E-state index is 12.3. The summed E-state index contributed by atoms with van der Waals surface area (Å²) in [6.45, 7) is -0.467. The Labute approximate surface area is 140 Å². The van der Waals surface area contributed by atoms with Crippen LogP contribution >= 0.6 is 0 Å². The van der Waals surface area contributed by atoms with Gasteiger partial charge in [-0.3, -0.25) is 4.79 Å². The summed E-state index contributed by atoms with van der Waals surface area (Å²) in [5.74, 6) is 5.83. The first-order chi connectivity index (χ1) is 11.7. The van der Waals surface area contributed by atoms with E-state index >= 15 is 0 Å². The number of alkyl halides is 1. The summed E-state index contributed by atoms with van der Waals surface area (Å²) in [7, 11) is 1.58. The molecule has 0 aliphatic rings. The number of halogens is 1. The average Bonchev–Trinajstić information content (AvgIpc) is 2.74. The van der Waals surface area contributed by atoms with Gasteiger partial charge in [-0.05, 0) is 42.3 Å². The molecule has 4 nitrogen and oxygen atoms in total. The Morgan fingerprint density at radius 3 is 2.71 bits per heavy atom. The molecule has 0 aliphatic heterocycles. The maximum absolute atomic E-state index is 12.3. The SMILES string of the molecule is CN(CCF)C(=O)c1ccc(C#Cc2cccccnc[nH]2)cc1. The van der Waals surface area contributed by atoms with Gasteiger partial charge in [-0.25, -0.2) is 9.37 Å². The van der Waals surface area contributed by atoms with Crippen molar-refractivity contribution in [3.63, 3.8) is 0 Å². The van der Waals surface area contributed by atoms with Gasteiger partial charge in [0.25, 0.3) is 5.91 Å². The molecule has 0 saturated heterocycles. The van der Waals surface area contributed by atoms with Gasteiger partial charge in [-0.2, -0.15) is 0 Å². The first-order valence-electron chi connectivity index (χ1n) is 7.46. The molecule has 24 heavy (non-hydrogen) atoms. The number of nitrogens with zero attached hydrogens (tertiary/aromatic N) is 2. The van der Waals surface area contributed by atoms with Crippen molar-refractivity contribution in [1.29, 1.82) is 0 Å². The van der Waals surface area contributed by atoms with Crippen molar-refractivity contribution >= 4 is 5.91 Å². The van der Waals surface area contributed by atoms with Gasteiger partial charge in [-0.15, -0.1) is 0 Å². The molecule has 2 rings (SSSR count). The largest absolute Gasteiger partial charge is 0.339 e. The molecular formula is C19H18FN3O. The van der Waals surface area contributed by atoms with Crippen LogP contribution in [0.5, 0.6) is 0 Å². The van der Waals surface area contributed by atoms with Gasteiger partial charge in [0.2, 0.25) is 0 Å². The quantitative estimate of drug-likeness (QED) is 0.883. The van der Waals surface area contributed by atoms with E-state index in [1.54, 1.807) is 43.8 Å². The summed E-state index contributed by atoms with van der Waals surface area (Å²) in [6, 6.07) is 14.3. The smallest absolute Gasteiger partial charge is 0.253 e. The zero-order chi connectivity index (χ0) is 17.2. The predicted molar refractivity (Wildman–Crippen MR) is 91.6 cm³/mol. The number of aromatic amines is 1. The van der Waals surface area contributed by atoms with E-state index in [9.17, 15) is 9.18 Å². The van der Waals surface area contributed by atoms with E-state index in [0.29, 0.717) is 11.3 Å². The van der Waals surface area contributed by atoms with Crippen LogP contribution in [-0.2, 0) is 0 Å². The van der Waals surface area contributed by atoms with E-state index in [2.05, 4.69) is 21.8 Å². The highest BCUT2D eigenvalue weighted by molar-refractivity contribution is 5.94. The molecule has 0 spiro atoms. The monoisotopic (exact) mass is 323 g/mol. The number of hydrogen-bond donors (Lipinski definition) is 1. The Hall–Kier alpha value is -3.13. The topological polar surface area (TPSA) is 49.0 Å². The minimum atomic E-state index is -0.554. The summed E-state index contributed by atoms with van der Waals surface area (Å²) in [5, 5.41) is 0. The fourth-order valence-corrected chi connectivity index (χ4v) is 1.88. The number of H-pyrrole nitrogens is 1. The van der Waals surface area contributed by atoms with Gasteiger partial charge >= 0.3 is 0 Å². The third kappa shape index (κ3) is 5.25. The molecule has 1 N–H and O–H groups in total.